The normalized spacial score (nSPS) is 11.1. The quantitative estimate of drug-likeness (QED) is 0.637. The second-order valence-electron chi connectivity index (χ2n) is 5.54. The van der Waals surface area contributed by atoms with E-state index in [4.69, 9.17) is 13.7 Å². The minimum Gasteiger partial charge on any atom is -0.408 e. The third-order valence-electron chi connectivity index (χ3n) is 3.60. The Balaban J connectivity index is 1.74. The van der Waals surface area contributed by atoms with E-state index in [1.54, 1.807) is 13.2 Å². The molecule has 9 heteroatoms. The molecular formula is C16H18N4O5. The number of aromatic nitrogens is 3. The maximum atomic E-state index is 12.0. The van der Waals surface area contributed by atoms with Gasteiger partial charge in [-0.15, -0.1) is 0 Å². The summed E-state index contributed by atoms with van der Waals surface area (Å²) in [5.41, 5.74) is 2.11. The minimum atomic E-state index is -0.518. The molecule has 0 fully saturated rings. The molecule has 0 aliphatic carbocycles. The number of aryl methyl sites for hydroxylation is 1. The Kier molecular flexibility index (Phi) is 4.94. The summed E-state index contributed by atoms with van der Waals surface area (Å²) >= 11 is 0. The van der Waals surface area contributed by atoms with Gasteiger partial charge in [0.25, 0.3) is 0 Å². The van der Waals surface area contributed by atoms with Crippen molar-refractivity contribution in [1.29, 1.82) is 0 Å². The Morgan fingerprint density at radius 2 is 2.24 bits per heavy atom. The van der Waals surface area contributed by atoms with Gasteiger partial charge in [0.05, 0.1) is 12.1 Å². The van der Waals surface area contributed by atoms with Gasteiger partial charge >= 0.3 is 17.6 Å². The van der Waals surface area contributed by atoms with Crippen LogP contribution in [0.15, 0.2) is 31.9 Å². The van der Waals surface area contributed by atoms with Crippen molar-refractivity contribution in [3.05, 3.63) is 46.0 Å². The summed E-state index contributed by atoms with van der Waals surface area (Å²) in [6, 6.07) is 5.43. The molecule has 3 rings (SSSR count). The summed E-state index contributed by atoms with van der Waals surface area (Å²) < 4.78 is 16.4. The number of fused-ring (bicyclic) bond motifs is 1. The Morgan fingerprint density at radius 1 is 1.40 bits per heavy atom. The van der Waals surface area contributed by atoms with Gasteiger partial charge in [-0.05, 0) is 31.0 Å². The lowest BCUT2D eigenvalue weighted by Crippen LogP contribution is -2.25. The fourth-order valence-corrected chi connectivity index (χ4v) is 2.37. The van der Waals surface area contributed by atoms with Crippen LogP contribution in [0.2, 0.25) is 0 Å². The van der Waals surface area contributed by atoms with Gasteiger partial charge in [-0.2, -0.15) is 4.98 Å². The van der Waals surface area contributed by atoms with E-state index in [2.05, 4.69) is 15.5 Å². The van der Waals surface area contributed by atoms with Gasteiger partial charge in [0.2, 0.25) is 0 Å². The highest BCUT2D eigenvalue weighted by molar-refractivity contribution is 5.89. The van der Waals surface area contributed by atoms with E-state index in [9.17, 15) is 9.59 Å². The largest absolute Gasteiger partial charge is 0.420 e. The summed E-state index contributed by atoms with van der Waals surface area (Å²) in [6.45, 7) is 2.96. The second kappa shape index (κ2) is 7.31. The number of rotatable bonds is 7. The van der Waals surface area contributed by atoms with E-state index in [1.165, 1.54) is 4.57 Å². The molecule has 0 aliphatic rings. The third-order valence-corrected chi connectivity index (χ3v) is 3.60. The first-order valence-corrected chi connectivity index (χ1v) is 7.78. The van der Waals surface area contributed by atoms with Crippen LogP contribution in [-0.4, -0.2) is 40.9 Å². The summed E-state index contributed by atoms with van der Waals surface area (Å²) in [4.78, 5) is 28.0. The Bertz CT molecular complexity index is 940. The molecule has 1 aromatic carbocycles. The van der Waals surface area contributed by atoms with E-state index in [1.807, 2.05) is 19.1 Å². The number of hydrogen-bond donors (Lipinski definition) is 1. The van der Waals surface area contributed by atoms with Crippen LogP contribution in [0.5, 0.6) is 0 Å². The van der Waals surface area contributed by atoms with Gasteiger partial charge in [-0.3, -0.25) is 9.36 Å². The fourth-order valence-electron chi connectivity index (χ4n) is 2.37. The molecule has 1 amide bonds. The van der Waals surface area contributed by atoms with Crippen molar-refractivity contribution in [2.75, 3.05) is 20.3 Å². The molecule has 9 nitrogen and oxygen atoms in total. The standard InChI is InChI=1S/C16H18N4O5/c1-10-4-5-12-11(8-10)20(16(22)24-12)9-13-18-15(25-19-13)14(21)17-6-3-7-23-2/h4-5,8H,3,6-7,9H2,1-2H3,(H,17,21). The highest BCUT2D eigenvalue weighted by atomic mass is 16.5. The zero-order valence-corrected chi connectivity index (χ0v) is 13.9. The average molecular weight is 346 g/mol. The number of benzene rings is 1. The van der Waals surface area contributed by atoms with Crippen molar-refractivity contribution in [3.8, 4) is 0 Å². The maximum Gasteiger partial charge on any atom is 0.420 e. The lowest BCUT2D eigenvalue weighted by atomic mass is 10.2. The topological polar surface area (TPSA) is 112 Å². The van der Waals surface area contributed by atoms with Crippen LogP contribution in [0.4, 0.5) is 0 Å². The van der Waals surface area contributed by atoms with Crippen LogP contribution in [0.25, 0.3) is 11.1 Å². The fraction of sp³-hybridized carbons (Fsp3) is 0.375. The summed E-state index contributed by atoms with van der Waals surface area (Å²) in [5, 5.41) is 6.41. The van der Waals surface area contributed by atoms with Crippen molar-refractivity contribution in [2.45, 2.75) is 19.9 Å². The lowest BCUT2D eigenvalue weighted by molar-refractivity contribution is 0.0905. The molecular weight excluding hydrogens is 328 g/mol. The third kappa shape index (κ3) is 3.77. The van der Waals surface area contributed by atoms with Crippen LogP contribution >= 0.6 is 0 Å². The number of methoxy groups -OCH3 is 1. The molecule has 3 aromatic rings. The second-order valence-corrected chi connectivity index (χ2v) is 5.54. The van der Waals surface area contributed by atoms with Crippen molar-refractivity contribution >= 4 is 17.0 Å². The smallest absolute Gasteiger partial charge is 0.408 e. The van der Waals surface area contributed by atoms with Gasteiger partial charge in [-0.25, -0.2) is 4.79 Å². The Labute approximate surface area is 142 Å². The Hall–Kier alpha value is -2.94. The lowest BCUT2D eigenvalue weighted by Gasteiger charge is -2.00. The number of ether oxygens (including phenoxy) is 1. The highest BCUT2D eigenvalue weighted by Crippen LogP contribution is 2.15. The predicted molar refractivity (Wildman–Crippen MR) is 87.4 cm³/mol. The molecule has 0 atom stereocenters. The van der Waals surface area contributed by atoms with Crippen LogP contribution in [0, 0.1) is 6.92 Å². The molecule has 0 aliphatic heterocycles. The molecule has 2 aromatic heterocycles. The zero-order chi connectivity index (χ0) is 17.8. The number of carbonyl (C=O) groups is 1. The molecule has 1 N–H and O–H groups in total. The zero-order valence-electron chi connectivity index (χ0n) is 13.9. The van der Waals surface area contributed by atoms with Gasteiger partial charge in [0.15, 0.2) is 11.4 Å². The number of nitrogens with zero attached hydrogens (tertiary/aromatic N) is 3. The molecule has 25 heavy (non-hydrogen) atoms. The molecule has 2 heterocycles. The first-order valence-electron chi connectivity index (χ1n) is 7.78. The molecule has 0 unspecified atom stereocenters. The van der Waals surface area contributed by atoms with Gasteiger partial charge in [-0.1, -0.05) is 11.2 Å². The van der Waals surface area contributed by atoms with Crippen LogP contribution in [-0.2, 0) is 11.3 Å². The van der Waals surface area contributed by atoms with Gasteiger partial charge in [0, 0.05) is 20.3 Å². The average Bonchev–Trinajstić information content (AvgIpc) is 3.17. The van der Waals surface area contributed by atoms with E-state index in [0.29, 0.717) is 30.7 Å². The molecule has 0 spiro atoms. The maximum absolute atomic E-state index is 12.0. The number of hydrogen-bond acceptors (Lipinski definition) is 7. The monoisotopic (exact) mass is 346 g/mol. The number of oxazole rings is 1. The molecule has 0 bridgehead atoms. The van der Waals surface area contributed by atoms with E-state index in [-0.39, 0.29) is 18.3 Å². The predicted octanol–water partition coefficient (Wildman–Crippen LogP) is 1.10. The van der Waals surface area contributed by atoms with Crippen LogP contribution in [0.3, 0.4) is 0 Å². The van der Waals surface area contributed by atoms with Crippen molar-refractivity contribution in [1.82, 2.24) is 20.0 Å². The number of amides is 1. The SMILES string of the molecule is COCCCNC(=O)c1nc(Cn2c(=O)oc3ccc(C)cc32)no1. The first-order chi connectivity index (χ1) is 12.1. The summed E-state index contributed by atoms with van der Waals surface area (Å²) in [5.74, 6) is -0.913. The van der Waals surface area contributed by atoms with E-state index < -0.39 is 11.7 Å². The minimum absolute atomic E-state index is 0.0513. The molecule has 0 saturated heterocycles. The van der Waals surface area contributed by atoms with E-state index in [0.717, 1.165) is 5.56 Å². The Morgan fingerprint density at radius 3 is 3.04 bits per heavy atom. The van der Waals surface area contributed by atoms with Crippen LogP contribution < -0.4 is 11.1 Å². The first kappa shape index (κ1) is 16.9. The van der Waals surface area contributed by atoms with Crippen LogP contribution in [0.1, 0.15) is 28.5 Å². The highest BCUT2D eigenvalue weighted by Gasteiger charge is 2.17. The summed E-state index contributed by atoms with van der Waals surface area (Å²) in [6.07, 6.45) is 0.680. The summed E-state index contributed by atoms with van der Waals surface area (Å²) in [7, 11) is 1.59. The van der Waals surface area contributed by atoms with E-state index >= 15 is 0 Å². The molecule has 132 valence electrons. The molecule has 0 saturated carbocycles. The van der Waals surface area contributed by atoms with Gasteiger partial charge in [0.1, 0.15) is 0 Å². The van der Waals surface area contributed by atoms with Gasteiger partial charge < -0.3 is 19.0 Å². The molecule has 0 radical (unpaired) electrons. The number of nitrogens with one attached hydrogen (secondary N) is 1. The van der Waals surface area contributed by atoms with Crippen molar-refractivity contribution < 1.29 is 18.5 Å². The van der Waals surface area contributed by atoms with Crippen molar-refractivity contribution in [3.63, 3.8) is 0 Å². The van der Waals surface area contributed by atoms with Crippen molar-refractivity contribution in [2.24, 2.45) is 0 Å². The number of carbonyl (C=O) groups excluding carboxylic acids is 1.